The second-order valence-electron chi connectivity index (χ2n) is 7.61. The van der Waals surface area contributed by atoms with Crippen LogP contribution in [0.5, 0.6) is 0 Å². The molecule has 1 aromatic carbocycles. The number of piperazine rings is 1. The van der Waals surface area contributed by atoms with Gasteiger partial charge in [0.2, 0.25) is 0 Å². The molecule has 2 fully saturated rings. The third-order valence-electron chi connectivity index (χ3n) is 5.82. The SMILES string of the molecule is O=C(c1cc(Cl)nc2ccccc12)N1CCN(CC2CCCCC2)CC1. The van der Waals surface area contributed by atoms with Gasteiger partial charge in [0, 0.05) is 38.1 Å². The number of fused-ring (bicyclic) bond motifs is 1. The van der Waals surface area contributed by atoms with Crippen LogP contribution in [0.4, 0.5) is 0 Å². The molecule has 1 aliphatic heterocycles. The predicted octanol–water partition coefficient (Wildman–Crippen LogP) is 4.23. The van der Waals surface area contributed by atoms with Crippen LogP contribution >= 0.6 is 11.6 Å². The molecular weight excluding hydrogens is 346 g/mol. The van der Waals surface area contributed by atoms with Gasteiger partial charge in [0.05, 0.1) is 11.1 Å². The molecule has 0 atom stereocenters. The molecule has 26 heavy (non-hydrogen) atoms. The normalized spacial score (nSPS) is 19.8. The number of para-hydroxylation sites is 1. The highest BCUT2D eigenvalue weighted by atomic mass is 35.5. The van der Waals surface area contributed by atoms with Crippen LogP contribution < -0.4 is 0 Å². The van der Waals surface area contributed by atoms with Crippen LogP contribution in [-0.2, 0) is 0 Å². The summed E-state index contributed by atoms with van der Waals surface area (Å²) in [6.07, 6.45) is 6.93. The highest BCUT2D eigenvalue weighted by Crippen LogP contribution is 2.26. The van der Waals surface area contributed by atoms with E-state index in [1.807, 2.05) is 29.2 Å². The molecule has 1 saturated heterocycles. The van der Waals surface area contributed by atoms with Gasteiger partial charge < -0.3 is 4.90 Å². The van der Waals surface area contributed by atoms with Gasteiger partial charge in [-0.3, -0.25) is 9.69 Å². The monoisotopic (exact) mass is 371 g/mol. The summed E-state index contributed by atoms with van der Waals surface area (Å²) in [5.74, 6) is 0.928. The lowest BCUT2D eigenvalue weighted by atomic mass is 9.89. The van der Waals surface area contributed by atoms with E-state index in [1.165, 1.54) is 38.6 Å². The van der Waals surface area contributed by atoms with E-state index >= 15 is 0 Å². The number of hydrogen-bond acceptors (Lipinski definition) is 3. The molecule has 1 saturated carbocycles. The van der Waals surface area contributed by atoms with E-state index < -0.39 is 0 Å². The quantitative estimate of drug-likeness (QED) is 0.757. The average Bonchev–Trinajstić information content (AvgIpc) is 2.68. The minimum absolute atomic E-state index is 0.0721. The first-order valence-electron chi connectivity index (χ1n) is 9.77. The summed E-state index contributed by atoms with van der Waals surface area (Å²) in [5, 5.41) is 1.26. The summed E-state index contributed by atoms with van der Waals surface area (Å²) in [5.41, 5.74) is 1.45. The topological polar surface area (TPSA) is 36.4 Å². The number of aromatic nitrogens is 1. The van der Waals surface area contributed by atoms with E-state index in [-0.39, 0.29) is 5.91 Å². The molecule has 0 bridgehead atoms. The Kier molecular flexibility index (Phi) is 5.41. The second-order valence-corrected chi connectivity index (χ2v) is 7.99. The fourth-order valence-corrected chi connectivity index (χ4v) is 4.56. The third kappa shape index (κ3) is 3.86. The van der Waals surface area contributed by atoms with Gasteiger partial charge in [-0.2, -0.15) is 0 Å². The lowest BCUT2D eigenvalue weighted by Crippen LogP contribution is -2.49. The van der Waals surface area contributed by atoms with Gasteiger partial charge in [-0.15, -0.1) is 0 Å². The molecule has 1 aromatic heterocycles. The highest BCUT2D eigenvalue weighted by molar-refractivity contribution is 6.30. The number of nitrogens with zero attached hydrogens (tertiary/aromatic N) is 3. The van der Waals surface area contributed by atoms with Crippen LogP contribution in [0.3, 0.4) is 0 Å². The molecule has 0 N–H and O–H groups in total. The van der Waals surface area contributed by atoms with Crippen LogP contribution in [0.15, 0.2) is 30.3 Å². The Morgan fingerprint density at radius 1 is 1.08 bits per heavy atom. The Labute approximate surface area is 160 Å². The van der Waals surface area contributed by atoms with Crippen molar-refractivity contribution in [1.29, 1.82) is 0 Å². The van der Waals surface area contributed by atoms with Crippen molar-refractivity contribution >= 4 is 28.4 Å². The number of hydrogen-bond donors (Lipinski definition) is 0. The number of carbonyl (C=O) groups excluding carboxylic acids is 1. The van der Waals surface area contributed by atoms with Gasteiger partial charge >= 0.3 is 0 Å². The van der Waals surface area contributed by atoms with Crippen molar-refractivity contribution in [2.24, 2.45) is 5.92 Å². The maximum absolute atomic E-state index is 13.1. The number of rotatable bonds is 3. The molecule has 5 heteroatoms. The standard InChI is InChI=1S/C21H26ClN3O/c22-20-14-18(17-8-4-5-9-19(17)23-20)21(26)25-12-10-24(11-13-25)15-16-6-2-1-3-7-16/h4-5,8-9,14,16H,1-3,6-7,10-13,15H2. The molecule has 0 unspecified atom stereocenters. The Morgan fingerprint density at radius 3 is 2.58 bits per heavy atom. The highest BCUT2D eigenvalue weighted by Gasteiger charge is 2.25. The summed E-state index contributed by atoms with van der Waals surface area (Å²) in [7, 11) is 0. The van der Waals surface area contributed by atoms with E-state index in [1.54, 1.807) is 6.07 Å². The summed E-state index contributed by atoms with van der Waals surface area (Å²) in [6.45, 7) is 4.73. The molecular formula is C21H26ClN3O. The first kappa shape index (κ1) is 17.7. The smallest absolute Gasteiger partial charge is 0.254 e. The van der Waals surface area contributed by atoms with Crippen LogP contribution in [0.2, 0.25) is 5.15 Å². The number of amides is 1. The van der Waals surface area contributed by atoms with Gasteiger partial charge in [0.25, 0.3) is 5.91 Å². The van der Waals surface area contributed by atoms with Crippen molar-refractivity contribution in [2.45, 2.75) is 32.1 Å². The van der Waals surface area contributed by atoms with Gasteiger partial charge in [-0.25, -0.2) is 4.98 Å². The first-order valence-corrected chi connectivity index (χ1v) is 10.2. The van der Waals surface area contributed by atoms with Crippen molar-refractivity contribution in [3.63, 3.8) is 0 Å². The molecule has 4 rings (SSSR count). The predicted molar refractivity (Wildman–Crippen MR) is 106 cm³/mol. The molecule has 1 amide bonds. The van der Waals surface area contributed by atoms with Crippen molar-refractivity contribution in [3.8, 4) is 0 Å². The number of halogens is 1. The lowest BCUT2D eigenvalue weighted by molar-refractivity contribution is 0.0608. The Morgan fingerprint density at radius 2 is 1.81 bits per heavy atom. The summed E-state index contributed by atoms with van der Waals surface area (Å²) in [4.78, 5) is 21.9. The fraction of sp³-hybridized carbons (Fsp3) is 0.524. The Hall–Kier alpha value is -1.65. The van der Waals surface area contributed by atoms with E-state index in [0.29, 0.717) is 10.7 Å². The maximum Gasteiger partial charge on any atom is 0.254 e. The summed E-state index contributed by atoms with van der Waals surface area (Å²) < 4.78 is 0. The van der Waals surface area contributed by atoms with Crippen molar-refractivity contribution in [3.05, 3.63) is 41.0 Å². The molecule has 138 valence electrons. The molecule has 0 radical (unpaired) electrons. The van der Waals surface area contributed by atoms with Crippen molar-refractivity contribution in [1.82, 2.24) is 14.8 Å². The number of carbonyl (C=O) groups is 1. The number of benzene rings is 1. The van der Waals surface area contributed by atoms with Crippen molar-refractivity contribution < 1.29 is 4.79 Å². The zero-order valence-electron chi connectivity index (χ0n) is 15.2. The second kappa shape index (κ2) is 7.93. The summed E-state index contributed by atoms with van der Waals surface area (Å²) >= 11 is 6.15. The van der Waals surface area contributed by atoms with Gasteiger partial charge in [0.1, 0.15) is 5.15 Å². The lowest BCUT2D eigenvalue weighted by Gasteiger charge is -2.37. The molecule has 2 aromatic rings. The first-order chi connectivity index (χ1) is 12.7. The van der Waals surface area contributed by atoms with Gasteiger partial charge in [-0.1, -0.05) is 49.1 Å². The maximum atomic E-state index is 13.1. The molecule has 2 heterocycles. The largest absolute Gasteiger partial charge is 0.336 e. The zero-order valence-corrected chi connectivity index (χ0v) is 15.9. The molecule has 1 aliphatic carbocycles. The minimum Gasteiger partial charge on any atom is -0.336 e. The Bertz CT molecular complexity index is 780. The molecule has 0 spiro atoms. The minimum atomic E-state index is 0.0721. The van der Waals surface area contributed by atoms with Gasteiger partial charge in [-0.05, 0) is 30.9 Å². The van der Waals surface area contributed by atoms with Crippen molar-refractivity contribution in [2.75, 3.05) is 32.7 Å². The van der Waals surface area contributed by atoms with Crippen LogP contribution in [-0.4, -0.2) is 53.4 Å². The average molecular weight is 372 g/mol. The molecule has 4 nitrogen and oxygen atoms in total. The third-order valence-corrected chi connectivity index (χ3v) is 6.01. The fourth-order valence-electron chi connectivity index (χ4n) is 4.36. The Balaban J connectivity index is 1.42. The van der Waals surface area contributed by atoms with Gasteiger partial charge in [0.15, 0.2) is 0 Å². The van der Waals surface area contributed by atoms with Crippen LogP contribution in [0.25, 0.3) is 10.9 Å². The van der Waals surface area contributed by atoms with Crippen LogP contribution in [0.1, 0.15) is 42.5 Å². The van der Waals surface area contributed by atoms with E-state index in [9.17, 15) is 4.79 Å². The summed E-state index contributed by atoms with van der Waals surface area (Å²) in [6, 6.07) is 9.42. The molecule has 2 aliphatic rings. The zero-order chi connectivity index (χ0) is 17.9. The van der Waals surface area contributed by atoms with Crippen LogP contribution in [0, 0.1) is 5.92 Å². The van der Waals surface area contributed by atoms with E-state index in [4.69, 9.17) is 11.6 Å². The van der Waals surface area contributed by atoms with E-state index in [0.717, 1.165) is 43.0 Å². The number of pyridine rings is 1. The van der Waals surface area contributed by atoms with E-state index in [2.05, 4.69) is 9.88 Å².